The molecule has 0 aliphatic rings. The standard InChI is InChI=1S/C25H23N3O4S2/c1-16(23-24(31)28(25(33)34-23)12-4-2-3-5-22(29)30)20-10-11-21(32-20)18-8-6-17(7-9-18)19-13-26-15-27-14-19/h6-11,13-15,31H,1-5,12H2,(H,29,30). The van der Waals surface area contributed by atoms with E-state index < -0.39 is 5.97 Å². The molecule has 174 valence electrons. The van der Waals surface area contributed by atoms with Crippen LogP contribution in [-0.2, 0) is 11.3 Å². The molecule has 3 aromatic heterocycles. The fraction of sp³-hybridized carbons (Fsp3) is 0.200. The number of aromatic nitrogens is 3. The first-order chi connectivity index (χ1) is 16.4. The van der Waals surface area contributed by atoms with Crippen LogP contribution in [0.1, 0.15) is 36.3 Å². The van der Waals surface area contributed by atoms with E-state index in [1.165, 1.54) is 17.7 Å². The quantitative estimate of drug-likeness (QED) is 0.194. The maximum absolute atomic E-state index is 10.7. The van der Waals surface area contributed by atoms with E-state index in [0.29, 0.717) is 38.9 Å². The number of carboxylic acid groups (broad SMARTS) is 1. The van der Waals surface area contributed by atoms with Crippen LogP contribution in [0.5, 0.6) is 5.88 Å². The second-order valence-corrected chi connectivity index (χ2v) is 9.37. The molecule has 0 amide bonds. The summed E-state index contributed by atoms with van der Waals surface area (Å²) >= 11 is 6.71. The molecule has 0 atom stereocenters. The van der Waals surface area contributed by atoms with Crippen LogP contribution in [0, 0.1) is 3.95 Å². The zero-order valence-electron chi connectivity index (χ0n) is 18.3. The highest BCUT2D eigenvalue weighted by atomic mass is 32.1. The molecule has 0 saturated carbocycles. The van der Waals surface area contributed by atoms with Crippen molar-refractivity contribution in [1.29, 1.82) is 0 Å². The Bertz CT molecular complexity index is 1360. The fourth-order valence-electron chi connectivity index (χ4n) is 3.56. The first-order valence-electron chi connectivity index (χ1n) is 10.7. The number of nitrogens with zero attached hydrogens (tertiary/aromatic N) is 3. The summed E-state index contributed by atoms with van der Waals surface area (Å²) in [7, 11) is 0. The molecule has 9 heteroatoms. The number of thiazole rings is 1. The van der Waals surface area contributed by atoms with Crippen LogP contribution in [0.3, 0.4) is 0 Å². The normalized spacial score (nSPS) is 10.9. The van der Waals surface area contributed by atoms with E-state index in [9.17, 15) is 9.90 Å². The summed E-state index contributed by atoms with van der Waals surface area (Å²) in [6.07, 6.45) is 7.25. The van der Waals surface area contributed by atoms with E-state index in [0.717, 1.165) is 29.5 Å². The number of furan rings is 1. The minimum atomic E-state index is -0.798. The van der Waals surface area contributed by atoms with E-state index in [1.807, 2.05) is 36.4 Å². The van der Waals surface area contributed by atoms with Crippen molar-refractivity contribution in [3.8, 4) is 28.3 Å². The van der Waals surface area contributed by atoms with Crippen molar-refractivity contribution in [1.82, 2.24) is 14.5 Å². The van der Waals surface area contributed by atoms with Gasteiger partial charge in [-0.15, -0.1) is 11.3 Å². The minimum Gasteiger partial charge on any atom is -0.493 e. The Morgan fingerprint density at radius 3 is 2.44 bits per heavy atom. The smallest absolute Gasteiger partial charge is 0.303 e. The molecule has 3 heterocycles. The molecular formula is C25H23N3O4S2. The summed E-state index contributed by atoms with van der Waals surface area (Å²) in [6, 6.07) is 11.6. The third-order valence-corrected chi connectivity index (χ3v) is 6.88. The lowest BCUT2D eigenvalue weighted by Crippen LogP contribution is -1.99. The van der Waals surface area contributed by atoms with Crippen LogP contribution in [0.15, 0.2) is 66.1 Å². The van der Waals surface area contributed by atoms with Crippen LogP contribution in [0.2, 0.25) is 0 Å². The first-order valence-corrected chi connectivity index (χ1v) is 12.0. The van der Waals surface area contributed by atoms with Crippen molar-refractivity contribution in [3.63, 3.8) is 0 Å². The maximum Gasteiger partial charge on any atom is 0.303 e. The SMILES string of the molecule is C=C(c1ccc(-c2ccc(-c3cncnc3)cc2)o1)c1sc(=S)n(CCCCCC(=O)O)c1O. The molecule has 7 nitrogen and oxygen atoms in total. The molecule has 0 spiro atoms. The number of hydrogen-bond donors (Lipinski definition) is 2. The van der Waals surface area contributed by atoms with Gasteiger partial charge in [-0.2, -0.15) is 0 Å². The van der Waals surface area contributed by atoms with Crippen LogP contribution in [0.4, 0.5) is 0 Å². The number of benzene rings is 1. The van der Waals surface area contributed by atoms with E-state index in [2.05, 4.69) is 16.5 Å². The highest BCUT2D eigenvalue weighted by Crippen LogP contribution is 2.37. The number of carbonyl (C=O) groups is 1. The molecule has 2 N–H and O–H groups in total. The average molecular weight is 494 g/mol. The Hall–Kier alpha value is -3.56. The Balaban J connectivity index is 1.46. The van der Waals surface area contributed by atoms with Gasteiger partial charge >= 0.3 is 5.97 Å². The summed E-state index contributed by atoms with van der Waals surface area (Å²) in [6.45, 7) is 4.64. The second-order valence-electron chi connectivity index (χ2n) is 7.72. The van der Waals surface area contributed by atoms with Crippen molar-refractivity contribution in [2.75, 3.05) is 0 Å². The van der Waals surface area contributed by atoms with Gasteiger partial charge in [0.2, 0.25) is 5.88 Å². The number of rotatable bonds is 10. The van der Waals surface area contributed by atoms with Crippen molar-refractivity contribution < 1.29 is 19.4 Å². The summed E-state index contributed by atoms with van der Waals surface area (Å²) in [4.78, 5) is 19.3. The van der Waals surface area contributed by atoms with Crippen molar-refractivity contribution >= 4 is 35.1 Å². The second kappa shape index (κ2) is 10.6. The fourth-order valence-corrected chi connectivity index (χ4v) is 4.87. The summed E-state index contributed by atoms with van der Waals surface area (Å²) < 4.78 is 8.25. The van der Waals surface area contributed by atoms with Gasteiger partial charge in [0.1, 0.15) is 22.7 Å². The van der Waals surface area contributed by atoms with Gasteiger partial charge in [-0.25, -0.2) is 9.97 Å². The Kier molecular flexibility index (Phi) is 7.34. The number of hydrogen-bond acceptors (Lipinski definition) is 7. The predicted octanol–water partition coefficient (Wildman–Crippen LogP) is 6.41. The lowest BCUT2D eigenvalue weighted by Gasteiger charge is -2.06. The molecule has 0 aliphatic heterocycles. The van der Waals surface area contributed by atoms with Crippen molar-refractivity contribution in [2.24, 2.45) is 0 Å². The van der Waals surface area contributed by atoms with E-state index in [1.54, 1.807) is 17.0 Å². The highest BCUT2D eigenvalue weighted by molar-refractivity contribution is 7.73. The van der Waals surface area contributed by atoms with Gasteiger partial charge in [0.05, 0.1) is 0 Å². The number of unbranched alkanes of at least 4 members (excludes halogenated alkanes) is 2. The molecule has 0 saturated heterocycles. The van der Waals surface area contributed by atoms with Gasteiger partial charge in [0, 0.05) is 42.1 Å². The van der Waals surface area contributed by atoms with E-state index in [4.69, 9.17) is 21.7 Å². The van der Waals surface area contributed by atoms with Crippen LogP contribution in [-0.4, -0.2) is 30.7 Å². The van der Waals surface area contributed by atoms with Gasteiger partial charge in [-0.05, 0) is 42.8 Å². The van der Waals surface area contributed by atoms with Gasteiger partial charge in [0.15, 0.2) is 3.95 Å². The number of aliphatic carboxylic acids is 1. The Morgan fingerprint density at radius 1 is 1.03 bits per heavy atom. The molecule has 34 heavy (non-hydrogen) atoms. The lowest BCUT2D eigenvalue weighted by molar-refractivity contribution is -0.137. The molecule has 1 aromatic carbocycles. The molecule has 0 unspecified atom stereocenters. The number of aromatic hydroxyl groups is 1. The molecule has 4 rings (SSSR count). The maximum atomic E-state index is 10.7. The van der Waals surface area contributed by atoms with Crippen LogP contribution < -0.4 is 0 Å². The summed E-state index contributed by atoms with van der Waals surface area (Å²) in [5.74, 6) is 0.502. The van der Waals surface area contributed by atoms with Gasteiger partial charge in [0.25, 0.3) is 0 Å². The number of carboxylic acids is 1. The largest absolute Gasteiger partial charge is 0.493 e. The van der Waals surface area contributed by atoms with Crippen LogP contribution in [0.25, 0.3) is 28.0 Å². The summed E-state index contributed by atoms with van der Waals surface area (Å²) in [5, 5.41) is 19.5. The summed E-state index contributed by atoms with van der Waals surface area (Å²) in [5.41, 5.74) is 3.41. The highest BCUT2D eigenvalue weighted by Gasteiger charge is 2.18. The molecule has 0 fully saturated rings. The third kappa shape index (κ3) is 5.32. The lowest BCUT2D eigenvalue weighted by atomic mass is 10.1. The zero-order chi connectivity index (χ0) is 24.1. The molecule has 0 aliphatic carbocycles. The topological polar surface area (TPSA) is 101 Å². The average Bonchev–Trinajstić information content (AvgIpc) is 3.44. The monoisotopic (exact) mass is 493 g/mol. The molecule has 4 aromatic rings. The van der Waals surface area contributed by atoms with E-state index in [-0.39, 0.29) is 12.3 Å². The predicted molar refractivity (Wildman–Crippen MR) is 134 cm³/mol. The van der Waals surface area contributed by atoms with Crippen molar-refractivity contribution in [2.45, 2.75) is 32.2 Å². The Labute approximate surface area is 205 Å². The molecule has 0 radical (unpaired) electrons. The molecular weight excluding hydrogens is 470 g/mol. The minimum absolute atomic E-state index is 0.0608. The van der Waals surface area contributed by atoms with Crippen molar-refractivity contribution in [3.05, 3.63) is 76.3 Å². The Morgan fingerprint density at radius 2 is 1.74 bits per heavy atom. The third-order valence-electron chi connectivity index (χ3n) is 5.38. The van der Waals surface area contributed by atoms with Gasteiger partial charge in [-0.3, -0.25) is 9.36 Å². The van der Waals surface area contributed by atoms with Gasteiger partial charge < -0.3 is 14.6 Å². The van der Waals surface area contributed by atoms with Gasteiger partial charge in [-0.1, -0.05) is 37.3 Å². The van der Waals surface area contributed by atoms with Crippen LogP contribution >= 0.6 is 23.6 Å². The zero-order valence-corrected chi connectivity index (χ0v) is 19.9. The first kappa shape index (κ1) is 23.6. The molecule has 0 bridgehead atoms. The van der Waals surface area contributed by atoms with E-state index >= 15 is 0 Å².